The molecule has 0 unspecified atom stereocenters. The van der Waals surface area contributed by atoms with Gasteiger partial charge in [0, 0.05) is 41.1 Å². The van der Waals surface area contributed by atoms with E-state index in [9.17, 15) is 22.8 Å². The van der Waals surface area contributed by atoms with Crippen molar-refractivity contribution < 1.29 is 27.2 Å². The number of nitrogens with zero attached hydrogens (tertiary/aromatic N) is 2. The second kappa shape index (κ2) is 9.72. The summed E-state index contributed by atoms with van der Waals surface area (Å²) >= 11 is 0. The van der Waals surface area contributed by atoms with Crippen molar-refractivity contribution in [3.05, 3.63) is 106 Å². The largest absolute Gasteiger partial charge is 0.441 e. The van der Waals surface area contributed by atoms with Gasteiger partial charge in [0.05, 0.1) is 12.0 Å². The number of aryl methyl sites for hydroxylation is 2. The molecule has 5 rings (SSSR count). The van der Waals surface area contributed by atoms with Crippen LogP contribution in [0.4, 0.5) is 18.9 Å². The molecule has 3 aromatic carbocycles. The Morgan fingerprint density at radius 2 is 1.74 bits per heavy atom. The molecule has 2 heterocycles. The molecule has 39 heavy (non-hydrogen) atoms. The van der Waals surface area contributed by atoms with Crippen molar-refractivity contribution in [2.45, 2.75) is 46.2 Å². The molecule has 0 spiro atoms. The van der Waals surface area contributed by atoms with Crippen LogP contribution < -0.4 is 10.2 Å². The van der Waals surface area contributed by atoms with Gasteiger partial charge in [-0.15, -0.1) is 0 Å². The Bertz CT molecular complexity index is 1600. The molecule has 0 atom stereocenters. The third-order valence-electron chi connectivity index (χ3n) is 7.00. The Morgan fingerprint density at radius 1 is 1.03 bits per heavy atom. The molecule has 9 heteroatoms. The van der Waals surface area contributed by atoms with E-state index in [0.717, 1.165) is 16.7 Å². The van der Waals surface area contributed by atoms with E-state index in [4.69, 9.17) is 4.42 Å². The lowest BCUT2D eigenvalue weighted by atomic mass is 9.86. The minimum absolute atomic E-state index is 0.132. The van der Waals surface area contributed by atoms with Crippen LogP contribution in [0.1, 0.15) is 52.3 Å². The van der Waals surface area contributed by atoms with Gasteiger partial charge in [-0.1, -0.05) is 23.8 Å². The van der Waals surface area contributed by atoms with E-state index >= 15 is 0 Å². The van der Waals surface area contributed by atoms with E-state index in [1.165, 1.54) is 0 Å². The number of carbonyl (C=O) groups is 2. The molecular formula is C30H26F3N3O3. The molecule has 0 aliphatic carbocycles. The van der Waals surface area contributed by atoms with Crippen LogP contribution in [0, 0.1) is 31.3 Å². The Hall–Kier alpha value is -4.40. The van der Waals surface area contributed by atoms with E-state index in [2.05, 4.69) is 10.3 Å². The zero-order valence-corrected chi connectivity index (χ0v) is 21.9. The van der Waals surface area contributed by atoms with Gasteiger partial charge in [-0.3, -0.25) is 9.59 Å². The van der Waals surface area contributed by atoms with E-state index in [0.29, 0.717) is 35.2 Å². The van der Waals surface area contributed by atoms with Crippen molar-refractivity contribution in [2.24, 2.45) is 0 Å². The topological polar surface area (TPSA) is 75.4 Å². The number of hydrogen-bond donors (Lipinski definition) is 1. The standard InChI is InChI=1S/C30H26F3N3O3/c1-16-6-5-7-19(10-16)28-35-25(17(2)39-28)15-36-26-11-18(8-9-22(26)30(3,4)29(36)38)27(37)34-14-21-23(32)12-20(31)13-24(21)33/h5-13H,14-15H2,1-4H3,(H,34,37). The average Bonchev–Trinajstić information content (AvgIpc) is 3.33. The molecule has 1 aliphatic rings. The van der Waals surface area contributed by atoms with Crippen molar-refractivity contribution >= 4 is 17.5 Å². The van der Waals surface area contributed by atoms with Gasteiger partial charge < -0.3 is 14.6 Å². The molecule has 0 fully saturated rings. The zero-order chi connectivity index (χ0) is 28.1. The minimum atomic E-state index is -1.09. The second-order valence-corrected chi connectivity index (χ2v) is 10.2. The average molecular weight is 534 g/mol. The van der Waals surface area contributed by atoms with Crippen LogP contribution in [0.3, 0.4) is 0 Å². The van der Waals surface area contributed by atoms with E-state index in [-0.39, 0.29) is 18.0 Å². The SMILES string of the molecule is Cc1cccc(-c2nc(CN3C(=O)C(C)(C)c4ccc(C(=O)NCc5c(F)cc(F)cc5F)cc43)c(C)o2)c1. The lowest BCUT2D eigenvalue weighted by Gasteiger charge is -2.19. The highest BCUT2D eigenvalue weighted by Gasteiger charge is 2.44. The van der Waals surface area contributed by atoms with Crippen LogP contribution in [0.25, 0.3) is 11.5 Å². The van der Waals surface area contributed by atoms with Crippen molar-refractivity contribution in [3.8, 4) is 11.5 Å². The first-order valence-corrected chi connectivity index (χ1v) is 12.4. The third kappa shape index (κ3) is 4.80. The molecule has 4 aromatic rings. The lowest BCUT2D eigenvalue weighted by molar-refractivity contribution is -0.122. The molecular weight excluding hydrogens is 507 g/mol. The number of amides is 2. The summed E-state index contributed by atoms with van der Waals surface area (Å²) in [5.74, 6) is -2.96. The molecule has 0 saturated carbocycles. The predicted molar refractivity (Wildman–Crippen MR) is 140 cm³/mol. The maximum atomic E-state index is 14.0. The fraction of sp³-hybridized carbons (Fsp3) is 0.233. The van der Waals surface area contributed by atoms with Crippen molar-refractivity contribution in [1.29, 1.82) is 0 Å². The van der Waals surface area contributed by atoms with Crippen LogP contribution >= 0.6 is 0 Å². The summed E-state index contributed by atoms with van der Waals surface area (Å²) in [4.78, 5) is 32.6. The number of carbonyl (C=O) groups excluding carboxylic acids is 2. The van der Waals surface area contributed by atoms with Gasteiger partial charge in [0.15, 0.2) is 0 Å². The van der Waals surface area contributed by atoms with E-state index in [1.54, 1.807) is 30.0 Å². The molecule has 0 saturated heterocycles. The lowest BCUT2D eigenvalue weighted by Crippen LogP contribution is -2.36. The Kier molecular flexibility index (Phi) is 6.54. The number of nitrogens with one attached hydrogen (secondary N) is 1. The number of aromatic nitrogens is 1. The number of rotatable bonds is 6. The van der Waals surface area contributed by atoms with Crippen LogP contribution in [0.15, 0.2) is 59.0 Å². The monoisotopic (exact) mass is 533 g/mol. The van der Waals surface area contributed by atoms with E-state index in [1.807, 2.05) is 45.0 Å². The number of anilines is 1. The first kappa shape index (κ1) is 26.2. The Morgan fingerprint density at radius 3 is 2.44 bits per heavy atom. The smallest absolute Gasteiger partial charge is 0.251 e. The molecule has 200 valence electrons. The molecule has 1 aromatic heterocycles. The molecule has 2 amide bonds. The quantitative estimate of drug-likeness (QED) is 0.324. The van der Waals surface area contributed by atoms with Gasteiger partial charge in [-0.2, -0.15) is 0 Å². The van der Waals surface area contributed by atoms with Crippen LogP contribution in [-0.4, -0.2) is 16.8 Å². The fourth-order valence-electron chi connectivity index (χ4n) is 4.78. The summed E-state index contributed by atoms with van der Waals surface area (Å²) in [6, 6.07) is 13.7. The minimum Gasteiger partial charge on any atom is -0.441 e. The summed E-state index contributed by atoms with van der Waals surface area (Å²) in [5.41, 5.74) is 2.65. The van der Waals surface area contributed by atoms with Crippen LogP contribution in [0.5, 0.6) is 0 Å². The van der Waals surface area contributed by atoms with Gasteiger partial charge in [-0.25, -0.2) is 18.2 Å². The van der Waals surface area contributed by atoms with Gasteiger partial charge >= 0.3 is 0 Å². The number of benzene rings is 3. The van der Waals surface area contributed by atoms with Crippen LogP contribution in [0.2, 0.25) is 0 Å². The second-order valence-electron chi connectivity index (χ2n) is 10.2. The number of halogens is 3. The fourth-order valence-corrected chi connectivity index (χ4v) is 4.78. The molecule has 0 radical (unpaired) electrons. The highest BCUT2D eigenvalue weighted by Crippen LogP contribution is 2.43. The Labute approximate surface area is 223 Å². The van der Waals surface area contributed by atoms with Crippen molar-refractivity contribution in [3.63, 3.8) is 0 Å². The Balaban J connectivity index is 1.42. The van der Waals surface area contributed by atoms with Crippen LogP contribution in [-0.2, 0) is 23.3 Å². The first-order valence-electron chi connectivity index (χ1n) is 12.4. The van der Waals surface area contributed by atoms with Gasteiger partial charge in [-0.05, 0) is 57.5 Å². The van der Waals surface area contributed by atoms with Gasteiger partial charge in [0.2, 0.25) is 11.8 Å². The summed E-state index contributed by atoms with van der Waals surface area (Å²) in [6.07, 6.45) is 0. The highest BCUT2D eigenvalue weighted by atomic mass is 19.1. The molecule has 1 aliphatic heterocycles. The summed E-state index contributed by atoms with van der Waals surface area (Å²) < 4.78 is 47.1. The highest BCUT2D eigenvalue weighted by molar-refractivity contribution is 6.08. The summed E-state index contributed by atoms with van der Waals surface area (Å²) in [6.45, 7) is 7.04. The number of hydrogen-bond acceptors (Lipinski definition) is 4. The third-order valence-corrected chi connectivity index (χ3v) is 7.00. The summed E-state index contributed by atoms with van der Waals surface area (Å²) in [7, 11) is 0. The van der Waals surface area contributed by atoms with Gasteiger partial charge in [0.1, 0.15) is 28.9 Å². The number of fused-ring (bicyclic) bond motifs is 1. The van der Waals surface area contributed by atoms with Crippen molar-refractivity contribution in [1.82, 2.24) is 10.3 Å². The normalized spacial score (nSPS) is 14.0. The van der Waals surface area contributed by atoms with Gasteiger partial charge in [0.25, 0.3) is 5.91 Å². The summed E-state index contributed by atoms with van der Waals surface area (Å²) in [5, 5.41) is 2.47. The van der Waals surface area contributed by atoms with E-state index < -0.39 is 40.9 Å². The number of oxazole rings is 1. The molecule has 0 bridgehead atoms. The predicted octanol–water partition coefficient (Wildman–Crippen LogP) is 6.13. The zero-order valence-electron chi connectivity index (χ0n) is 21.9. The van der Waals surface area contributed by atoms with Crippen molar-refractivity contribution in [2.75, 3.05) is 4.90 Å². The maximum Gasteiger partial charge on any atom is 0.251 e. The molecule has 6 nitrogen and oxygen atoms in total. The molecule has 1 N–H and O–H groups in total. The first-order chi connectivity index (χ1) is 18.5. The maximum absolute atomic E-state index is 14.0.